The molecule has 0 spiro atoms. The van der Waals surface area contributed by atoms with E-state index in [-0.39, 0.29) is 30.6 Å². The van der Waals surface area contributed by atoms with Gasteiger partial charge in [-0.05, 0) is 42.0 Å². The van der Waals surface area contributed by atoms with Crippen LogP contribution in [0, 0.1) is 5.92 Å². The number of hydrogen-bond acceptors (Lipinski definition) is 5. The lowest BCUT2D eigenvalue weighted by molar-refractivity contribution is -0.142. The van der Waals surface area contributed by atoms with E-state index in [0.717, 1.165) is 11.1 Å². The minimum Gasteiger partial charge on any atom is -0.508 e. The summed E-state index contributed by atoms with van der Waals surface area (Å²) in [6.45, 7) is 4.26. The summed E-state index contributed by atoms with van der Waals surface area (Å²) in [6, 6.07) is 14.7. The zero-order valence-corrected chi connectivity index (χ0v) is 18.0. The van der Waals surface area contributed by atoms with E-state index in [1.165, 1.54) is 0 Å². The monoisotopic (exact) mass is 428 g/mol. The van der Waals surface area contributed by atoms with E-state index in [1.807, 2.05) is 44.2 Å². The second-order valence-electron chi connectivity index (χ2n) is 8.15. The third-order valence-electron chi connectivity index (χ3n) is 4.91. The van der Waals surface area contributed by atoms with E-state index in [0.29, 0.717) is 12.8 Å². The third-order valence-corrected chi connectivity index (χ3v) is 4.91. The fraction of sp³-hybridized carbons (Fsp3) is 0.417. The molecule has 0 aliphatic carbocycles. The fourth-order valence-electron chi connectivity index (χ4n) is 3.35. The van der Waals surface area contributed by atoms with Gasteiger partial charge in [0.25, 0.3) is 0 Å². The molecule has 7 nitrogen and oxygen atoms in total. The van der Waals surface area contributed by atoms with Crippen LogP contribution in [0.25, 0.3) is 0 Å². The highest BCUT2D eigenvalue weighted by atomic mass is 16.5. The smallest absolute Gasteiger partial charge is 0.306 e. The van der Waals surface area contributed by atoms with Crippen LogP contribution in [0.2, 0.25) is 0 Å². The second kappa shape index (κ2) is 12.1. The van der Waals surface area contributed by atoms with Crippen LogP contribution in [0.5, 0.6) is 5.75 Å². The highest BCUT2D eigenvalue weighted by molar-refractivity contribution is 5.82. The molecule has 0 unspecified atom stereocenters. The second-order valence-corrected chi connectivity index (χ2v) is 8.15. The summed E-state index contributed by atoms with van der Waals surface area (Å²) in [5.41, 5.74) is 7.85. The molecule has 2 aromatic carbocycles. The first kappa shape index (κ1) is 24.4. The molecule has 0 bridgehead atoms. The van der Waals surface area contributed by atoms with E-state index in [1.54, 1.807) is 24.3 Å². The molecule has 0 heterocycles. The highest BCUT2D eigenvalue weighted by Gasteiger charge is 2.29. The van der Waals surface area contributed by atoms with E-state index in [4.69, 9.17) is 10.5 Å². The summed E-state index contributed by atoms with van der Waals surface area (Å²) in [7, 11) is 0. The maximum Gasteiger partial charge on any atom is 0.306 e. The van der Waals surface area contributed by atoms with Gasteiger partial charge in [-0.1, -0.05) is 56.3 Å². The van der Waals surface area contributed by atoms with Crippen molar-refractivity contribution >= 4 is 11.9 Å². The Morgan fingerprint density at radius 2 is 1.68 bits per heavy atom. The maximum atomic E-state index is 12.8. The van der Waals surface area contributed by atoms with Crippen molar-refractivity contribution in [1.29, 1.82) is 0 Å². The van der Waals surface area contributed by atoms with Gasteiger partial charge in [0.05, 0.1) is 31.2 Å². The number of carboxylic acid groups (broad SMARTS) is 1. The topological polar surface area (TPSA) is 122 Å². The molecular weight excluding hydrogens is 396 g/mol. The van der Waals surface area contributed by atoms with Crippen LogP contribution in [-0.4, -0.2) is 40.3 Å². The van der Waals surface area contributed by atoms with E-state index >= 15 is 0 Å². The van der Waals surface area contributed by atoms with Gasteiger partial charge in [-0.3, -0.25) is 9.59 Å². The lowest BCUT2D eigenvalue weighted by atomic mass is 9.96. The number of phenols is 1. The lowest BCUT2D eigenvalue weighted by Crippen LogP contribution is -2.52. The van der Waals surface area contributed by atoms with E-state index in [2.05, 4.69) is 5.32 Å². The molecular formula is C24H32N2O5. The number of amides is 1. The van der Waals surface area contributed by atoms with Crippen molar-refractivity contribution in [2.45, 2.75) is 57.9 Å². The van der Waals surface area contributed by atoms with Gasteiger partial charge in [0, 0.05) is 0 Å². The summed E-state index contributed by atoms with van der Waals surface area (Å²) in [6.07, 6.45) is -0.0539. The minimum atomic E-state index is -0.991. The first-order chi connectivity index (χ1) is 14.7. The molecule has 3 atom stereocenters. The number of aromatic hydroxyl groups is 1. The number of carbonyl (C=O) groups excluding carboxylic acids is 1. The predicted molar refractivity (Wildman–Crippen MR) is 118 cm³/mol. The SMILES string of the molecule is CC(C)C[C@H](NC(=O)[C@@H](N)Cc1ccc(O)cc1)[C@H](CC(=O)O)OCc1ccccc1. The molecule has 2 rings (SSSR count). The standard InChI is InChI=1S/C24H32N2O5/c1-16(2)12-21(22(14-23(28)29)31-15-18-6-4-3-5-7-18)26-24(30)20(25)13-17-8-10-19(27)11-9-17/h3-11,16,20-22,27H,12-15,25H2,1-2H3,(H,26,30)(H,28,29)/t20-,21-,22-/m0/s1. The maximum absolute atomic E-state index is 12.8. The van der Waals surface area contributed by atoms with E-state index < -0.39 is 24.2 Å². The molecule has 0 saturated carbocycles. The molecule has 2 aromatic rings. The Kier molecular flexibility index (Phi) is 9.49. The summed E-state index contributed by atoms with van der Waals surface area (Å²) in [4.78, 5) is 24.2. The summed E-state index contributed by atoms with van der Waals surface area (Å²) >= 11 is 0. The Hall–Kier alpha value is -2.90. The zero-order chi connectivity index (χ0) is 22.8. The zero-order valence-electron chi connectivity index (χ0n) is 18.0. The number of rotatable bonds is 12. The number of aliphatic carboxylic acids is 1. The molecule has 0 aliphatic heterocycles. The van der Waals surface area contributed by atoms with E-state index in [9.17, 15) is 19.8 Å². The van der Waals surface area contributed by atoms with Crippen LogP contribution in [0.4, 0.5) is 0 Å². The minimum absolute atomic E-state index is 0.144. The van der Waals surface area contributed by atoms with Crippen molar-refractivity contribution in [1.82, 2.24) is 5.32 Å². The molecule has 0 aliphatic rings. The van der Waals surface area contributed by atoms with Gasteiger partial charge in [-0.25, -0.2) is 0 Å². The summed E-state index contributed by atoms with van der Waals surface area (Å²) in [5, 5.41) is 21.7. The predicted octanol–water partition coefficient (Wildman–Crippen LogP) is 2.85. The lowest BCUT2D eigenvalue weighted by Gasteiger charge is -2.30. The Morgan fingerprint density at radius 1 is 1.03 bits per heavy atom. The normalized spacial score (nSPS) is 14.1. The number of hydrogen-bond donors (Lipinski definition) is 4. The van der Waals surface area contributed by atoms with Crippen LogP contribution >= 0.6 is 0 Å². The number of nitrogens with one attached hydrogen (secondary N) is 1. The molecule has 5 N–H and O–H groups in total. The molecule has 0 saturated heterocycles. The molecule has 0 fully saturated rings. The van der Waals surface area contributed by atoms with Crippen LogP contribution < -0.4 is 11.1 Å². The molecule has 7 heteroatoms. The van der Waals surface area contributed by atoms with Gasteiger partial charge < -0.3 is 26.0 Å². The molecule has 168 valence electrons. The Bertz CT molecular complexity index is 824. The molecule has 0 aromatic heterocycles. The van der Waals surface area contributed by atoms with Crippen LogP contribution in [0.1, 0.15) is 37.8 Å². The number of carbonyl (C=O) groups is 2. The number of phenolic OH excluding ortho intramolecular Hbond substituents is 1. The third kappa shape index (κ3) is 8.78. The van der Waals surface area contributed by atoms with Crippen molar-refractivity contribution in [3.8, 4) is 5.75 Å². The highest BCUT2D eigenvalue weighted by Crippen LogP contribution is 2.17. The average Bonchev–Trinajstić information content (AvgIpc) is 2.72. The van der Waals surface area contributed by atoms with Crippen molar-refractivity contribution < 1.29 is 24.5 Å². The number of nitrogens with two attached hydrogens (primary N) is 1. The average molecular weight is 429 g/mol. The molecule has 0 radical (unpaired) electrons. The quantitative estimate of drug-likeness (QED) is 0.412. The first-order valence-corrected chi connectivity index (χ1v) is 10.5. The Balaban J connectivity index is 2.08. The largest absolute Gasteiger partial charge is 0.508 e. The Morgan fingerprint density at radius 3 is 2.26 bits per heavy atom. The fourth-order valence-corrected chi connectivity index (χ4v) is 3.35. The summed E-state index contributed by atoms with van der Waals surface area (Å²) in [5.74, 6) is -0.993. The van der Waals surface area contributed by atoms with Gasteiger partial charge in [-0.15, -0.1) is 0 Å². The molecule has 31 heavy (non-hydrogen) atoms. The van der Waals surface area contributed by atoms with Crippen LogP contribution in [0.15, 0.2) is 54.6 Å². The number of ether oxygens (including phenoxy) is 1. The first-order valence-electron chi connectivity index (χ1n) is 10.5. The van der Waals surface area contributed by atoms with Crippen molar-refractivity contribution in [2.75, 3.05) is 0 Å². The van der Waals surface area contributed by atoms with Gasteiger partial charge in [0.1, 0.15) is 5.75 Å². The number of carboxylic acids is 1. The summed E-state index contributed by atoms with van der Waals surface area (Å²) < 4.78 is 5.95. The van der Waals surface area contributed by atoms with Gasteiger partial charge in [0.2, 0.25) is 5.91 Å². The van der Waals surface area contributed by atoms with Crippen molar-refractivity contribution in [3.05, 3.63) is 65.7 Å². The number of benzene rings is 2. The Labute approximate surface area is 183 Å². The molecule has 1 amide bonds. The van der Waals surface area contributed by atoms with Crippen LogP contribution in [-0.2, 0) is 27.4 Å². The van der Waals surface area contributed by atoms with Gasteiger partial charge >= 0.3 is 5.97 Å². The van der Waals surface area contributed by atoms with Crippen molar-refractivity contribution in [2.24, 2.45) is 11.7 Å². The van der Waals surface area contributed by atoms with Crippen molar-refractivity contribution in [3.63, 3.8) is 0 Å². The van der Waals surface area contributed by atoms with Crippen LogP contribution in [0.3, 0.4) is 0 Å². The van der Waals surface area contributed by atoms with Gasteiger partial charge in [0.15, 0.2) is 0 Å². The van der Waals surface area contributed by atoms with Gasteiger partial charge in [-0.2, -0.15) is 0 Å².